The summed E-state index contributed by atoms with van der Waals surface area (Å²) < 4.78 is 5.13. The number of carbonyl (C=O) groups excluding carboxylic acids is 1. The highest BCUT2D eigenvalue weighted by Gasteiger charge is 2.15. The van der Waals surface area contributed by atoms with Gasteiger partial charge in [0.05, 0.1) is 17.6 Å². The summed E-state index contributed by atoms with van der Waals surface area (Å²) in [4.78, 5) is 22.6. The molecule has 0 bridgehead atoms. The van der Waals surface area contributed by atoms with Gasteiger partial charge in [0.15, 0.2) is 5.11 Å². The number of nitrogens with zero attached hydrogens (tertiary/aromatic N) is 1. The highest BCUT2D eigenvalue weighted by atomic mass is 35.5. The van der Waals surface area contributed by atoms with Crippen LogP contribution in [0.5, 0.6) is 5.75 Å². The summed E-state index contributed by atoms with van der Waals surface area (Å²) in [6.07, 6.45) is 0. The van der Waals surface area contributed by atoms with Crippen molar-refractivity contribution in [2.45, 2.75) is 6.92 Å². The van der Waals surface area contributed by atoms with E-state index in [1.165, 1.54) is 31.4 Å². The number of ether oxygens (including phenoxy) is 1. The van der Waals surface area contributed by atoms with Crippen molar-refractivity contribution in [3.63, 3.8) is 0 Å². The zero-order chi connectivity index (χ0) is 18.6. The highest BCUT2D eigenvalue weighted by molar-refractivity contribution is 7.80. The third-order valence-corrected chi connectivity index (χ3v) is 3.74. The summed E-state index contributed by atoms with van der Waals surface area (Å²) in [6, 6.07) is 8.93. The number of non-ortho nitro benzene ring substituents is 1. The Morgan fingerprint density at radius 1 is 1.28 bits per heavy atom. The fraction of sp³-hybridized carbons (Fsp3) is 0.125. The van der Waals surface area contributed by atoms with E-state index in [1.54, 1.807) is 19.1 Å². The molecule has 2 aromatic rings. The Morgan fingerprint density at radius 3 is 2.60 bits per heavy atom. The summed E-state index contributed by atoms with van der Waals surface area (Å²) in [5.41, 5.74) is 1.38. The van der Waals surface area contributed by atoms with Crippen molar-refractivity contribution in [2.24, 2.45) is 0 Å². The van der Waals surface area contributed by atoms with Gasteiger partial charge in [0.1, 0.15) is 5.75 Å². The van der Waals surface area contributed by atoms with Crippen LogP contribution in [-0.2, 0) is 0 Å². The number of carbonyl (C=O) groups is 1. The number of hydrogen-bond donors (Lipinski definition) is 2. The predicted molar refractivity (Wildman–Crippen MR) is 99.5 cm³/mol. The molecule has 2 rings (SSSR count). The predicted octanol–water partition coefficient (Wildman–Crippen LogP) is 3.69. The third kappa shape index (κ3) is 4.65. The minimum atomic E-state index is -0.489. The van der Waals surface area contributed by atoms with Gasteiger partial charge < -0.3 is 10.1 Å². The monoisotopic (exact) mass is 379 g/mol. The van der Waals surface area contributed by atoms with E-state index in [1.807, 2.05) is 0 Å². The quantitative estimate of drug-likeness (QED) is 0.478. The normalized spacial score (nSPS) is 10.0. The van der Waals surface area contributed by atoms with E-state index < -0.39 is 10.8 Å². The van der Waals surface area contributed by atoms with E-state index in [9.17, 15) is 14.9 Å². The second kappa shape index (κ2) is 7.91. The first-order valence-electron chi connectivity index (χ1n) is 7.02. The number of hydrogen-bond acceptors (Lipinski definition) is 5. The zero-order valence-corrected chi connectivity index (χ0v) is 14.9. The molecule has 0 unspecified atom stereocenters. The molecule has 0 fully saturated rings. The van der Waals surface area contributed by atoms with Gasteiger partial charge in [0.2, 0.25) is 0 Å². The molecule has 25 heavy (non-hydrogen) atoms. The maximum atomic E-state index is 12.3. The van der Waals surface area contributed by atoms with Crippen LogP contribution in [0.4, 0.5) is 11.4 Å². The lowest BCUT2D eigenvalue weighted by Crippen LogP contribution is -2.34. The van der Waals surface area contributed by atoms with Crippen LogP contribution in [0.15, 0.2) is 36.4 Å². The number of thiocarbonyl (C=S) groups is 1. The minimum Gasteiger partial charge on any atom is -0.496 e. The molecule has 9 heteroatoms. The molecule has 0 aliphatic heterocycles. The lowest BCUT2D eigenvalue weighted by atomic mass is 10.2. The van der Waals surface area contributed by atoms with Gasteiger partial charge in [-0.05, 0) is 49.0 Å². The van der Waals surface area contributed by atoms with Crippen molar-refractivity contribution in [1.29, 1.82) is 0 Å². The van der Waals surface area contributed by atoms with E-state index in [2.05, 4.69) is 10.6 Å². The molecule has 1 amide bonds. The van der Waals surface area contributed by atoms with Gasteiger partial charge in [0.25, 0.3) is 11.6 Å². The topological polar surface area (TPSA) is 93.5 Å². The fourth-order valence-corrected chi connectivity index (χ4v) is 2.46. The van der Waals surface area contributed by atoms with Crippen molar-refractivity contribution < 1.29 is 14.5 Å². The highest BCUT2D eigenvalue weighted by Crippen LogP contribution is 2.23. The SMILES string of the molecule is COc1ccc(Cl)cc1C(=O)NC(=S)Nc1ccc([N+](=O)[O-])cc1C. The lowest BCUT2D eigenvalue weighted by molar-refractivity contribution is -0.384. The Hall–Kier alpha value is -2.71. The number of aryl methyl sites for hydroxylation is 1. The molecule has 2 aromatic carbocycles. The number of methoxy groups -OCH3 is 1. The Bertz CT molecular complexity index is 857. The molecule has 2 N–H and O–H groups in total. The summed E-state index contributed by atoms with van der Waals surface area (Å²) in [6.45, 7) is 1.69. The zero-order valence-electron chi connectivity index (χ0n) is 13.3. The van der Waals surface area contributed by atoms with Gasteiger partial charge in [-0.3, -0.25) is 20.2 Å². The molecule has 0 heterocycles. The molecule has 0 saturated heterocycles. The summed E-state index contributed by atoms with van der Waals surface area (Å²) in [7, 11) is 1.44. The van der Waals surface area contributed by atoms with Crippen molar-refractivity contribution in [3.05, 3.63) is 62.7 Å². The van der Waals surface area contributed by atoms with E-state index in [0.29, 0.717) is 22.0 Å². The Morgan fingerprint density at radius 2 is 2.00 bits per heavy atom. The molecule has 0 radical (unpaired) electrons. The van der Waals surface area contributed by atoms with Crippen LogP contribution in [0.2, 0.25) is 5.02 Å². The molecular weight excluding hydrogens is 366 g/mol. The van der Waals surface area contributed by atoms with Crippen LogP contribution in [0.3, 0.4) is 0 Å². The minimum absolute atomic E-state index is 0.0262. The lowest BCUT2D eigenvalue weighted by Gasteiger charge is -2.13. The second-order valence-electron chi connectivity index (χ2n) is 5.01. The van der Waals surface area contributed by atoms with Gasteiger partial charge in [-0.1, -0.05) is 11.6 Å². The van der Waals surface area contributed by atoms with Crippen molar-refractivity contribution >= 4 is 46.2 Å². The number of anilines is 1. The van der Waals surface area contributed by atoms with Crippen molar-refractivity contribution in [2.75, 3.05) is 12.4 Å². The number of amides is 1. The standard InChI is InChI=1S/C16H14ClN3O4S/c1-9-7-11(20(22)23)4-5-13(9)18-16(25)19-15(21)12-8-10(17)3-6-14(12)24-2/h3-8H,1-2H3,(H2,18,19,21,25). The summed E-state index contributed by atoms with van der Waals surface area (Å²) >= 11 is 11.0. The van der Waals surface area contributed by atoms with Crippen LogP contribution in [0.1, 0.15) is 15.9 Å². The maximum Gasteiger partial charge on any atom is 0.269 e. The van der Waals surface area contributed by atoms with E-state index >= 15 is 0 Å². The molecule has 130 valence electrons. The van der Waals surface area contributed by atoms with Crippen LogP contribution in [0.25, 0.3) is 0 Å². The first-order chi connectivity index (χ1) is 11.8. The smallest absolute Gasteiger partial charge is 0.269 e. The third-order valence-electron chi connectivity index (χ3n) is 3.30. The van der Waals surface area contributed by atoms with Crippen LogP contribution in [0, 0.1) is 17.0 Å². The molecular formula is C16H14ClN3O4S. The van der Waals surface area contributed by atoms with Gasteiger partial charge in [0, 0.05) is 22.8 Å². The maximum absolute atomic E-state index is 12.3. The average molecular weight is 380 g/mol. The van der Waals surface area contributed by atoms with Crippen LogP contribution < -0.4 is 15.4 Å². The van der Waals surface area contributed by atoms with E-state index in [-0.39, 0.29) is 16.4 Å². The molecule has 0 saturated carbocycles. The number of benzene rings is 2. The van der Waals surface area contributed by atoms with E-state index in [4.69, 9.17) is 28.6 Å². The Kier molecular flexibility index (Phi) is 5.89. The Balaban J connectivity index is 2.11. The molecule has 0 aliphatic carbocycles. The van der Waals surface area contributed by atoms with Crippen molar-refractivity contribution in [3.8, 4) is 5.75 Å². The number of nitro benzene ring substituents is 1. The molecule has 0 aliphatic rings. The molecule has 7 nitrogen and oxygen atoms in total. The van der Waals surface area contributed by atoms with Crippen LogP contribution >= 0.6 is 23.8 Å². The second-order valence-corrected chi connectivity index (χ2v) is 5.85. The fourth-order valence-electron chi connectivity index (χ4n) is 2.08. The molecule has 0 atom stereocenters. The first kappa shape index (κ1) is 18.6. The summed E-state index contributed by atoms with van der Waals surface area (Å²) in [5.74, 6) is -0.132. The average Bonchev–Trinajstić information content (AvgIpc) is 2.56. The van der Waals surface area contributed by atoms with E-state index in [0.717, 1.165) is 0 Å². The summed E-state index contributed by atoms with van der Waals surface area (Å²) in [5, 5.41) is 16.5. The first-order valence-corrected chi connectivity index (χ1v) is 7.81. The van der Waals surface area contributed by atoms with Gasteiger partial charge >= 0.3 is 0 Å². The van der Waals surface area contributed by atoms with Crippen LogP contribution in [-0.4, -0.2) is 23.1 Å². The molecule has 0 spiro atoms. The Labute approximate surface area is 154 Å². The van der Waals surface area contributed by atoms with Gasteiger partial charge in [-0.2, -0.15) is 0 Å². The number of halogens is 1. The molecule has 0 aromatic heterocycles. The number of nitro groups is 1. The number of nitrogens with one attached hydrogen (secondary N) is 2. The van der Waals surface area contributed by atoms with Gasteiger partial charge in [-0.15, -0.1) is 0 Å². The number of rotatable bonds is 4. The van der Waals surface area contributed by atoms with Crippen molar-refractivity contribution in [1.82, 2.24) is 5.32 Å². The van der Waals surface area contributed by atoms with Gasteiger partial charge in [-0.25, -0.2) is 0 Å². The largest absolute Gasteiger partial charge is 0.496 e.